The third-order valence-corrected chi connectivity index (χ3v) is 5.17. The number of hydrogen-bond donors (Lipinski definition) is 1. The van der Waals surface area contributed by atoms with Crippen molar-refractivity contribution in [2.24, 2.45) is 5.92 Å². The van der Waals surface area contributed by atoms with Crippen LogP contribution in [0.15, 0.2) is 18.2 Å². The van der Waals surface area contributed by atoms with Gasteiger partial charge in [0, 0.05) is 24.0 Å². The molecule has 23 heavy (non-hydrogen) atoms. The van der Waals surface area contributed by atoms with Crippen LogP contribution in [0.2, 0.25) is 5.02 Å². The lowest BCUT2D eigenvalue weighted by atomic mass is 9.96. The van der Waals surface area contributed by atoms with Gasteiger partial charge in [-0.15, -0.1) is 0 Å². The quantitative estimate of drug-likeness (QED) is 0.919. The van der Waals surface area contributed by atoms with Gasteiger partial charge in [0.25, 0.3) is 5.91 Å². The van der Waals surface area contributed by atoms with Crippen molar-refractivity contribution in [1.82, 2.24) is 10.2 Å². The molecule has 1 amide bonds. The molecule has 4 nitrogen and oxygen atoms in total. The number of carbonyl (C=O) groups is 1. The summed E-state index contributed by atoms with van der Waals surface area (Å²) in [5, 5.41) is 3.76. The van der Waals surface area contributed by atoms with E-state index in [-0.39, 0.29) is 5.91 Å². The maximum absolute atomic E-state index is 12.3. The number of carbonyl (C=O) groups excluding carboxylic acids is 1. The minimum Gasteiger partial charge on any atom is -0.480 e. The molecule has 126 valence electrons. The Morgan fingerprint density at radius 2 is 2.13 bits per heavy atom. The van der Waals surface area contributed by atoms with Crippen molar-refractivity contribution in [2.75, 3.05) is 19.6 Å². The highest BCUT2D eigenvalue weighted by molar-refractivity contribution is 6.30. The first-order valence-corrected chi connectivity index (χ1v) is 8.87. The van der Waals surface area contributed by atoms with Crippen LogP contribution in [0.4, 0.5) is 0 Å². The topological polar surface area (TPSA) is 41.6 Å². The average Bonchev–Trinajstić information content (AvgIpc) is 2.96. The monoisotopic (exact) mass is 336 g/mol. The van der Waals surface area contributed by atoms with Crippen LogP contribution in [0, 0.1) is 5.92 Å². The second-order valence-corrected chi connectivity index (χ2v) is 7.32. The first kappa shape index (κ1) is 16.6. The van der Waals surface area contributed by atoms with E-state index in [1.165, 1.54) is 0 Å². The molecule has 0 radical (unpaired) electrons. The van der Waals surface area contributed by atoms with Gasteiger partial charge in [-0.25, -0.2) is 0 Å². The van der Waals surface area contributed by atoms with Crippen molar-refractivity contribution in [3.8, 4) is 5.75 Å². The molecule has 2 heterocycles. The highest BCUT2D eigenvalue weighted by Gasteiger charge is 2.30. The zero-order chi connectivity index (χ0) is 16.4. The molecule has 5 heteroatoms. The maximum Gasteiger partial charge on any atom is 0.261 e. The largest absolute Gasteiger partial charge is 0.480 e. The SMILES string of the molecule is CC(C)N1CCC(CNC(=O)[C@@H]2Cc3cc(Cl)ccc3O2)CC1. The number of hydrogen-bond acceptors (Lipinski definition) is 3. The Hall–Kier alpha value is -1.26. The van der Waals surface area contributed by atoms with Gasteiger partial charge in [-0.1, -0.05) is 11.6 Å². The summed E-state index contributed by atoms with van der Waals surface area (Å²) in [6.45, 7) is 7.48. The van der Waals surface area contributed by atoms with Crippen molar-refractivity contribution in [2.45, 2.75) is 45.3 Å². The van der Waals surface area contributed by atoms with Gasteiger partial charge in [-0.2, -0.15) is 0 Å². The number of rotatable bonds is 4. The standard InChI is InChI=1S/C18H25ClN2O2/c1-12(2)21-7-5-13(6-8-21)11-20-18(22)17-10-14-9-15(19)3-4-16(14)23-17/h3-4,9,12-13,17H,5-8,10-11H2,1-2H3,(H,20,22)/t17-/m0/s1. The van der Waals surface area contributed by atoms with Gasteiger partial charge < -0.3 is 15.0 Å². The summed E-state index contributed by atoms with van der Waals surface area (Å²) in [7, 11) is 0. The lowest BCUT2D eigenvalue weighted by Gasteiger charge is -2.34. The molecule has 3 rings (SSSR count). The fraction of sp³-hybridized carbons (Fsp3) is 0.611. The predicted octanol–water partition coefficient (Wildman–Crippen LogP) is 2.88. The van der Waals surface area contributed by atoms with E-state index >= 15 is 0 Å². The molecule has 1 N–H and O–H groups in total. The van der Waals surface area contributed by atoms with Crippen molar-refractivity contribution in [3.05, 3.63) is 28.8 Å². The number of fused-ring (bicyclic) bond motifs is 1. The van der Waals surface area contributed by atoms with E-state index in [2.05, 4.69) is 24.1 Å². The smallest absolute Gasteiger partial charge is 0.261 e. The average molecular weight is 337 g/mol. The van der Waals surface area contributed by atoms with Crippen molar-refractivity contribution in [1.29, 1.82) is 0 Å². The minimum absolute atomic E-state index is 0.0105. The molecule has 0 spiro atoms. The van der Waals surface area contributed by atoms with E-state index < -0.39 is 6.10 Å². The zero-order valence-corrected chi connectivity index (χ0v) is 14.6. The first-order chi connectivity index (χ1) is 11.0. The number of likely N-dealkylation sites (tertiary alicyclic amines) is 1. The number of nitrogens with zero attached hydrogens (tertiary/aromatic N) is 1. The third kappa shape index (κ3) is 3.99. The summed E-state index contributed by atoms with van der Waals surface area (Å²) in [4.78, 5) is 14.8. The Morgan fingerprint density at radius 3 is 2.83 bits per heavy atom. The Bertz CT molecular complexity index is 568. The fourth-order valence-corrected chi connectivity index (χ4v) is 3.59. The molecule has 1 aromatic rings. The van der Waals surface area contributed by atoms with Crippen molar-refractivity contribution in [3.63, 3.8) is 0 Å². The number of benzene rings is 1. The summed E-state index contributed by atoms with van der Waals surface area (Å²) in [5.74, 6) is 1.34. The molecule has 0 aromatic heterocycles. The van der Waals surface area contributed by atoms with E-state index in [1.807, 2.05) is 12.1 Å². The van der Waals surface area contributed by atoms with Gasteiger partial charge in [-0.3, -0.25) is 4.79 Å². The van der Waals surface area contributed by atoms with Crippen LogP contribution in [-0.2, 0) is 11.2 Å². The number of nitrogens with one attached hydrogen (secondary N) is 1. The summed E-state index contributed by atoms with van der Waals surface area (Å²) in [5.41, 5.74) is 1.02. The number of halogens is 1. The van der Waals surface area contributed by atoms with Crippen LogP contribution in [0.1, 0.15) is 32.3 Å². The minimum atomic E-state index is -0.417. The van der Waals surface area contributed by atoms with Crippen LogP contribution in [0.3, 0.4) is 0 Å². The Morgan fingerprint density at radius 1 is 1.39 bits per heavy atom. The second-order valence-electron chi connectivity index (χ2n) is 6.88. The molecule has 0 saturated carbocycles. The Labute approximate surface area is 143 Å². The van der Waals surface area contributed by atoms with Gasteiger partial charge in [0.05, 0.1) is 0 Å². The highest BCUT2D eigenvalue weighted by atomic mass is 35.5. The number of ether oxygens (including phenoxy) is 1. The molecule has 2 aliphatic heterocycles. The van der Waals surface area contributed by atoms with E-state index in [1.54, 1.807) is 6.07 Å². The molecule has 1 saturated heterocycles. The van der Waals surface area contributed by atoms with Crippen LogP contribution in [-0.4, -0.2) is 42.6 Å². The molecule has 1 fully saturated rings. The predicted molar refractivity (Wildman–Crippen MR) is 92.0 cm³/mol. The van der Waals surface area contributed by atoms with Crippen LogP contribution >= 0.6 is 11.6 Å². The van der Waals surface area contributed by atoms with Crippen LogP contribution < -0.4 is 10.1 Å². The zero-order valence-electron chi connectivity index (χ0n) is 13.8. The van der Waals surface area contributed by atoms with Crippen molar-refractivity contribution < 1.29 is 9.53 Å². The second kappa shape index (κ2) is 7.10. The lowest BCUT2D eigenvalue weighted by molar-refractivity contribution is -0.127. The maximum atomic E-state index is 12.3. The molecular formula is C18H25ClN2O2. The van der Waals surface area contributed by atoms with Crippen molar-refractivity contribution >= 4 is 17.5 Å². The molecule has 1 aromatic carbocycles. The molecular weight excluding hydrogens is 312 g/mol. The van der Waals surface area contributed by atoms with Crippen LogP contribution in [0.5, 0.6) is 5.75 Å². The van der Waals surface area contributed by atoms with E-state index in [0.29, 0.717) is 23.4 Å². The molecule has 0 unspecified atom stereocenters. The summed E-state index contributed by atoms with van der Waals surface area (Å²) < 4.78 is 5.73. The molecule has 1 atom stereocenters. The summed E-state index contributed by atoms with van der Waals surface area (Å²) in [6.07, 6.45) is 2.49. The van der Waals surface area contributed by atoms with Crippen LogP contribution in [0.25, 0.3) is 0 Å². The van der Waals surface area contributed by atoms with Gasteiger partial charge in [0.1, 0.15) is 5.75 Å². The summed E-state index contributed by atoms with van der Waals surface area (Å²) in [6, 6.07) is 6.13. The fourth-order valence-electron chi connectivity index (χ4n) is 3.40. The van der Waals surface area contributed by atoms with E-state index in [0.717, 1.165) is 43.8 Å². The number of amides is 1. The Balaban J connectivity index is 1.44. The molecule has 0 aliphatic carbocycles. The Kier molecular flexibility index (Phi) is 5.12. The third-order valence-electron chi connectivity index (χ3n) is 4.93. The highest BCUT2D eigenvalue weighted by Crippen LogP contribution is 2.31. The first-order valence-electron chi connectivity index (χ1n) is 8.50. The summed E-state index contributed by atoms with van der Waals surface area (Å²) >= 11 is 5.99. The van der Waals surface area contributed by atoms with Gasteiger partial charge in [0.2, 0.25) is 0 Å². The van der Waals surface area contributed by atoms with Gasteiger partial charge in [0.15, 0.2) is 6.10 Å². The van der Waals surface area contributed by atoms with E-state index in [9.17, 15) is 4.79 Å². The van der Waals surface area contributed by atoms with Gasteiger partial charge in [-0.05, 0) is 69.5 Å². The molecule has 2 aliphatic rings. The molecule has 0 bridgehead atoms. The van der Waals surface area contributed by atoms with E-state index in [4.69, 9.17) is 16.3 Å². The number of piperidine rings is 1. The lowest BCUT2D eigenvalue weighted by Crippen LogP contribution is -2.44. The van der Waals surface area contributed by atoms with Gasteiger partial charge >= 0.3 is 0 Å². The normalized spacial score (nSPS) is 22.0.